The van der Waals surface area contributed by atoms with Crippen LogP contribution in [0.5, 0.6) is 0 Å². The van der Waals surface area contributed by atoms with Gasteiger partial charge >= 0.3 is 210 Å². The van der Waals surface area contributed by atoms with Gasteiger partial charge in [-0.2, -0.15) is 0 Å². The van der Waals surface area contributed by atoms with Crippen LogP contribution >= 0.6 is 0 Å². The third-order valence-electron chi connectivity index (χ3n) is 5.30. The Kier molecular flexibility index (Phi) is 6.82. The van der Waals surface area contributed by atoms with E-state index in [0.717, 1.165) is 49.8 Å². The minimum absolute atomic E-state index is 0.108. The van der Waals surface area contributed by atoms with Crippen molar-refractivity contribution in [1.82, 2.24) is 0 Å². The Bertz CT molecular complexity index is 1630. The van der Waals surface area contributed by atoms with Crippen molar-refractivity contribution >= 4 is 40.4 Å². The van der Waals surface area contributed by atoms with Crippen LogP contribution in [0.4, 0.5) is 0 Å². The number of aryl methyl sites for hydroxylation is 2. The second-order valence-electron chi connectivity index (χ2n) is 7.58. The zero-order valence-corrected chi connectivity index (χ0v) is 21.8. The molecule has 4 rings (SSSR count). The van der Waals surface area contributed by atoms with Crippen LogP contribution < -0.4 is 8.19 Å². The van der Waals surface area contributed by atoms with E-state index < -0.39 is 0 Å². The third-order valence-corrected chi connectivity index (χ3v) is 10.8. The summed E-state index contributed by atoms with van der Waals surface area (Å²) >= 11 is -0.478. The molecule has 6 heteroatoms. The first-order chi connectivity index (χ1) is 16.5. The first-order valence-corrected chi connectivity index (χ1v) is 13.6. The van der Waals surface area contributed by atoms with E-state index in [4.69, 9.17) is 13.1 Å². The molecule has 0 radical (unpaired) electrons. The third kappa shape index (κ3) is 4.46. The maximum atomic E-state index is 9.52. The van der Waals surface area contributed by atoms with Crippen LogP contribution in [0.15, 0.2) is 60.7 Å². The van der Waals surface area contributed by atoms with E-state index in [1.54, 1.807) is 0 Å². The molecule has 0 aliphatic heterocycles. The van der Waals surface area contributed by atoms with Crippen molar-refractivity contribution in [3.05, 3.63) is 111 Å². The molecular formula is C28H16N4Se2. The topological polar surface area (TPSA) is 56.3 Å². The first-order valence-electron chi connectivity index (χ1n) is 10.2. The van der Waals surface area contributed by atoms with Gasteiger partial charge in [0.2, 0.25) is 0 Å². The summed E-state index contributed by atoms with van der Waals surface area (Å²) in [6.45, 7) is 19.0. The van der Waals surface area contributed by atoms with Crippen LogP contribution in [0.25, 0.3) is 43.3 Å². The molecule has 0 unspecified atom stereocenters. The quantitative estimate of drug-likeness (QED) is 0.271. The molecule has 4 aromatic rings. The fourth-order valence-electron chi connectivity index (χ4n) is 3.52. The van der Waals surface area contributed by atoms with Gasteiger partial charge in [0.25, 0.3) is 0 Å². The predicted octanol–water partition coefficient (Wildman–Crippen LogP) is 4.14. The standard InChI is InChI=1S/C28H16N4Se2/c1-17-5-9-19(10-6-17)22-13-24(21(15-29)16-30)33-26(22)27-23(20-11-7-18(2)8-12-20)14-25(34-27)28(31-3)32-4/h5-14H,1-2H3/b27-26+. The van der Waals surface area contributed by atoms with Gasteiger partial charge in [-0.1, -0.05) is 0 Å². The van der Waals surface area contributed by atoms with Gasteiger partial charge in [0, 0.05) is 0 Å². The van der Waals surface area contributed by atoms with Crippen LogP contribution in [-0.4, -0.2) is 29.0 Å². The Labute approximate surface area is 209 Å². The van der Waals surface area contributed by atoms with Gasteiger partial charge in [-0.3, -0.25) is 0 Å². The predicted molar refractivity (Wildman–Crippen MR) is 135 cm³/mol. The molecule has 0 fully saturated rings. The van der Waals surface area contributed by atoms with Crippen molar-refractivity contribution in [2.75, 3.05) is 0 Å². The molecule has 0 bridgehead atoms. The molecule has 0 aliphatic carbocycles. The first kappa shape index (κ1) is 23.3. The minimum atomic E-state index is -0.242. The zero-order chi connectivity index (χ0) is 24.2. The number of nitrogens with zero attached hydrogens (tertiary/aromatic N) is 4. The summed E-state index contributed by atoms with van der Waals surface area (Å²) in [6.07, 6.45) is 0. The summed E-state index contributed by atoms with van der Waals surface area (Å²) < 4.78 is 3.77. The van der Waals surface area contributed by atoms with Crippen molar-refractivity contribution in [3.8, 4) is 34.4 Å². The van der Waals surface area contributed by atoms with Crippen LogP contribution in [0.1, 0.15) is 11.1 Å². The van der Waals surface area contributed by atoms with Crippen molar-refractivity contribution in [2.45, 2.75) is 13.8 Å². The second kappa shape index (κ2) is 9.96. The summed E-state index contributed by atoms with van der Waals surface area (Å²) in [5, 5.41) is 19.0. The summed E-state index contributed by atoms with van der Waals surface area (Å²) in [5.41, 5.74) is 6.56. The molecular weight excluding hydrogens is 550 g/mol. The maximum absolute atomic E-state index is 9.52. The molecule has 0 saturated carbocycles. The van der Waals surface area contributed by atoms with Crippen LogP contribution in [0.2, 0.25) is 0 Å². The summed E-state index contributed by atoms with van der Waals surface area (Å²) in [4.78, 5) is 6.93. The molecule has 0 N–H and O–H groups in total. The van der Waals surface area contributed by atoms with Gasteiger partial charge in [-0.15, -0.1) is 0 Å². The molecule has 0 amide bonds. The van der Waals surface area contributed by atoms with Crippen molar-refractivity contribution in [3.63, 3.8) is 0 Å². The number of benzene rings is 2. The molecule has 0 saturated heterocycles. The second-order valence-corrected chi connectivity index (χ2v) is 12.0. The van der Waals surface area contributed by atoms with Gasteiger partial charge in [0.05, 0.1) is 0 Å². The Morgan fingerprint density at radius 1 is 0.706 bits per heavy atom. The van der Waals surface area contributed by atoms with E-state index in [-0.39, 0.29) is 40.4 Å². The number of hydrogen-bond acceptors (Lipinski definition) is 2. The van der Waals surface area contributed by atoms with Gasteiger partial charge in [-0.05, 0) is 0 Å². The van der Waals surface area contributed by atoms with Crippen LogP contribution in [0.3, 0.4) is 0 Å². The number of nitriles is 2. The summed E-state index contributed by atoms with van der Waals surface area (Å²) in [6, 6.07) is 24.6. The van der Waals surface area contributed by atoms with Gasteiger partial charge in [-0.25, -0.2) is 0 Å². The molecule has 4 nitrogen and oxygen atoms in total. The fourth-order valence-corrected chi connectivity index (χ4v) is 8.93. The van der Waals surface area contributed by atoms with Crippen LogP contribution in [-0.2, 0) is 0 Å². The number of rotatable bonds is 2. The fraction of sp³-hybridized carbons (Fsp3) is 0.0714. The van der Waals surface area contributed by atoms with E-state index in [9.17, 15) is 10.5 Å². The Hall–Kier alpha value is -3.86. The average Bonchev–Trinajstić information content (AvgIpc) is 3.47. The van der Waals surface area contributed by atoms with E-state index in [1.165, 1.54) is 0 Å². The van der Waals surface area contributed by atoms with E-state index in [1.807, 2.05) is 38.1 Å². The van der Waals surface area contributed by atoms with E-state index in [2.05, 4.69) is 58.2 Å². The Balaban J connectivity index is 2.28. The van der Waals surface area contributed by atoms with E-state index >= 15 is 0 Å². The summed E-state index contributed by atoms with van der Waals surface area (Å²) in [5.74, 6) is 0.108. The van der Waals surface area contributed by atoms with Crippen molar-refractivity contribution in [1.29, 1.82) is 10.5 Å². The molecule has 0 spiro atoms. The molecule has 2 heterocycles. The van der Waals surface area contributed by atoms with E-state index in [0.29, 0.717) is 0 Å². The molecule has 0 atom stereocenters. The molecule has 34 heavy (non-hydrogen) atoms. The molecule has 2 aromatic carbocycles. The molecule has 2 aromatic heterocycles. The zero-order valence-electron chi connectivity index (χ0n) is 18.4. The Morgan fingerprint density at radius 2 is 1.12 bits per heavy atom. The average molecular weight is 566 g/mol. The SMILES string of the molecule is [C-]#[N+]C([N+]#[C-])=c1cc(-c2ccc(C)cc2)/c(=c2\[se]c(=C(C#N)C#N)cc2-c2ccc(C)cc2)[se]1. The van der Waals surface area contributed by atoms with Gasteiger partial charge in [0.1, 0.15) is 0 Å². The van der Waals surface area contributed by atoms with Gasteiger partial charge < -0.3 is 0 Å². The molecule has 160 valence electrons. The normalized spacial score (nSPS) is 11.0. The van der Waals surface area contributed by atoms with Crippen molar-refractivity contribution in [2.24, 2.45) is 0 Å². The monoisotopic (exact) mass is 568 g/mol. The summed E-state index contributed by atoms with van der Waals surface area (Å²) in [7, 11) is 0. The van der Waals surface area contributed by atoms with Crippen molar-refractivity contribution < 1.29 is 0 Å². The van der Waals surface area contributed by atoms with Crippen LogP contribution in [0, 0.1) is 57.8 Å². The Morgan fingerprint density at radius 3 is 1.53 bits per heavy atom. The molecule has 0 aliphatic rings. The number of hydrogen-bond donors (Lipinski definition) is 0. The van der Waals surface area contributed by atoms with Gasteiger partial charge in [0.15, 0.2) is 0 Å².